The van der Waals surface area contributed by atoms with Crippen LogP contribution in [0.5, 0.6) is 0 Å². The highest BCUT2D eigenvalue weighted by molar-refractivity contribution is 5.76. The Bertz CT molecular complexity index is 1070. The van der Waals surface area contributed by atoms with Crippen LogP contribution in [0, 0.1) is 0 Å². The van der Waals surface area contributed by atoms with E-state index < -0.39 is 12.1 Å². The van der Waals surface area contributed by atoms with E-state index in [9.17, 15) is 19.8 Å². The molecule has 0 rings (SSSR count). The highest BCUT2D eigenvalue weighted by atomic mass is 16.5. The van der Waals surface area contributed by atoms with Gasteiger partial charge in [-0.1, -0.05) is 256 Å². The number of nitrogens with one attached hydrogen (secondary N) is 1. The monoisotopic (exact) mass is 928 g/mol. The van der Waals surface area contributed by atoms with Crippen LogP contribution < -0.4 is 5.32 Å². The molecule has 0 saturated carbocycles. The van der Waals surface area contributed by atoms with E-state index in [1.165, 1.54) is 212 Å². The minimum absolute atomic E-state index is 0.0455. The van der Waals surface area contributed by atoms with E-state index >= 15 is 0 Å². The predicted molar refractivity (Wildman–Crippen MR) is 287 cm³/mol. The summed E-state index contributed by atoms with van der Waals surface area (Å²) in [6, 6.07) is -0.667. The summed E-state index contributed by atoms with van der Waals surface area (Å²) in [4.78, 5) is 24.5. The van der Waals surface area contributed by atoms with Crippen molar-refractivity contribution in [2.75, 3.05) is 13.2 Å². The highest BCUT2D eigenvalue weighted by Gasteiger charge is 2.18. The first-order chi connectivity index (χ1) is 32.5. The fourth-order valence-corrected chi connectivity index (χ4v) is 8.87. The summed E-state index contributed by atoms with van der Waals surface area (Å²) in [5, 5.41) is 23.1. The molecule has 0 aliphatic carbocycles. The average Bonchev–Trinajstić information content (AvgIpc) is 3.32. The van der Waals surface area contributed by atoms with Crippen molar-refractivity contribution in [3.63, 3.8) is 0 Å². The number of unbranched alkanes of at least 4 members (excludes halogenated alkanes) is 39. The van der Waals surface area contributed by atoms with Crippen LogP contribution in [0.4, 0.5) is 0 Å². The third kappa shape index (κ3) is 51.5. The van der Waals surface area contributed by atoms with Crippen LogP contribution in [0.2, 0.25) is 0 Å². The fourth-order valence-electron chi connectivity index (χ4n) is 8.87. The topological polar surface area (TPSA) is 95.9 Å². The standard InChI is InChI=1S/C60H113NO5/c1-3-5-7-9-11-13-15-17-19-20-21-22-23-24-25-26-27-28-30-31-33-36-40-44-48-52-58(63)57(56-62)61-59(64)53-49-45-41-37-35-39-43-47-51-55-66-60(65)54-50-46-42-38-34-32-29-18-16-14-12-10-8-6-4-2/h18,29,37,41,48,52,57-58,62-63H,3-17,19-28,30-36,38-40,42-47,49-51,53-56H2,1-2H3,(H,61,64)/b29-18-,41-37-,52-48+. The van der Waals surface area contributed by atoms with E-state index in [1.807, 2.05) is 6.08 Å². The van der Waals surface area contributed by atoms with Crippen LogP contribution in [0.15, 0.2) is 36.5 Å². The van der Waals surface area contributed by atoms with Crippen molar-refractivity contribution < 1.29 is 24.5 Å². The third-order valence-corrected chi connectivity index (χ3v) is 13.4. The molecule has 2 unspecified atom stereocenters. The molecule has 0 aromatic carbocycles. The van der Waals surface area contributed by atoms with Crippen molar-refractivity contribution >= 4 is 11.9 Å². The number of carbonyl (C=O) groups excluding carboxylic acids is 2. The molecule has 0 saturated heterocycles. The molecule has 3 N–H and O–H groups in total. The molecule has 2 atom stereocenters. The van der Waals surface area contributed by atoms with Gasteiger partial charge in [-0.05, 0) is 77.0 Å². The molecular weight excluding hydrogens is 815 g/mol. The summed E-state index contributed by atoms with van der Waals surface area (Å²) in [6.07, 6.45) is 68.9. The summed E-state index contributed by atoms with van der Waals surface area (Å²) >= 11 is 0. The van der Waals surface area contributed by atoms with Gasteiger partial charge in [-0.3, -0.25) is 9.59 Å². The molecule has 0 heterocycles. The van der Waals surface area contributed by atoms with Gasteiger partial charge in [0.05, 0.1) is 25.4 Å². The van der Waals surface area contributed by atoms with E-state index in [0.29, 0.717) is 19.4 Å². The third-order valence-electron chi connectivity index (χ3n) is 13.4. The Labute approximate surface area is 411 Å². The van der Waals surface area contributed by atoms with Gasteiger partial charge in [-0.2, -0.15) is 0 Å². The summed E-state index contributed by atoms with van der Waals surface area (Å²) in [5.74, 6) is -0.172. The zero-order chi connectivity index (χ0) is 47.9. The molecule has 1 amide bonds. The van der Waals surface area contributed by atoms with Crippen molar-refractivity contribution in [3.8, 4) is 0 Å². The first-order valence-electron chi connectivity index (χ1n) is 29.3. The quantitative estimate of drug-likeness (QED) is 0.0321. The Morgan fingerprint density at radius 3 is 1.11 bits per heavy atom. The van der Waals surface area contributed by atoms with Gasteiger partial charge >= 0.3 is 5.97 Å². The number of hydrogen-bond donors (Lipinski definition) is 3. The lowest BCUT2D eigenvalue weighted by Gasteiger charge is -2.19. The van der Waals surface area contributed by atoms with Crippen molar-refractivity contribution in [3.05, 3.63) is 36.5 Å². The zero-order valence-corrected chi connectivity index (χ0v) is 44.2. The Hall–Kier alpha value is -1.92. The smallest absolute Gasteiger partial charge is 0.305 e. The first-order valence-corrected chi connectivity index (χ1v) is 29.3. The van der Waals surface area contributed by atoms with Crippen LogP contribution in [-0.2, 0) is 14.3 Å². The number of aliphatic hydroxyl groups is 2. The number of hydrogen-bond acceptors (Lipinski definition) is 5. The first kappa shape index (κ1) is 64.1. The number of rotatable bonds is 54. The van der Waals surface area contributed by atoms with Gasteiger partial charge < -0.3 is 20.3 Å². The lowest BCUT2D eigenvalue weighted by atomic mass is 10.0. The van der Waals surface area contributed by atoms with Crippen molar-refractivity contribution in [2.45, 2.75) is 321 Å². The van der Waals surface area contributed by atoms with Crippen molar-refractivity contribution in [1.82, 2.24) is 5.32 Å². The Morgan fingerprint density at radius 2 is 0.727 bits per heavy atom. The van der Waals surface area contributed by atoms with Gasteiger partial charge in [0.25, 0.3) is 0 Å². The molecule has 0 spiro atoms. The van der Waals surface area contributed by atoms with E-state index in [-0.39, 0.29) is 18.5 Å². The molecule has 0 aromatic rings. The van der Waals surface area contributed by atoms with E-state index in [1.54, 1.807) is 6.08 Å². The molecule has 66 heavy (non-hydrogen) atoms. The Kier molecular flexibility index (Phi) is 54.1. The van der Waals surface area contributed by atoms with E-state index in [4.69, 9.17) is 4.74 Å². The number of amides is 1. The van der Waals surface area contributed by atoms with Gasteiger partial charge in [-0.25, -0.2) is 0 Å². The van der Waals surface area contributed by atoms with Gasteiger partial charge in [0.15, 0.2) is 0 Å². The van der Waals surface area contributed by atoms with Crippen LogP contribution >= 0.6 is 0 Å². The molecule has 6 heteroatoms. The molecule has 0 aliphatic rings. The van der Waals surface area contributed by atoms with Crippen LogP contribution in [0.3, 0.4) is 0 Å². The minimum atomic E-state index is -0.877. The SMILES string of the molecule is CCCCCCCC/C=C\CCCCCCCC(=O)OCCCCCC/C=C\CCCC(=O)NC(CO)C(O)/C=C/CCCCCCCCCCCCCCCCCCCCCCCCC. The second-order valence-electron chi connectivity index (χ2n) is 20.0. The normalized spacial score (nSPS) is 12.8. The zero-order valence-electron chi connectivity index (χ0n) is 44.2. The summed E-state index contributed by atoms with van der Waals surface area (Å²) < 4.78 is 5.44. The molecule has 388 valence electrons. The number of carbonyl (C=O) groups is 2. The molecule has 0 fully saturated rings. The summed E-state index contributed by atoms with van der Waals surface area (Å²) in [5.41, 5.74) is 0. The maximum atomic E-state index is 12.5. The molecule has 0 bridgehead atoms. The van der Waals surface area contributed by atoms with Crippen LogP contribution in [-0.4, -0.2) is 47.4 Å². The molecule has 0 aromatic heterocycles. The van der Waals surface area contributed by atoms with Crippen LogP contribution in [0.1, 0.15) is 309 Å². The molecule has 0 aliphatic heterocycles. The lowest BCUT2D eigenvalue weighted by Crippen LogP contribution is -2.45. The fraction of sp³-hybridized carbons (Fsp3) is 0.867. The minimum Gasteiger partial charge on any atom is -0.466 e. The number of aliphatic hydroxyl groups excluding tert-OH is 2. The largest absolute Gasteiger partial charge is 0.466 e. The number of ether oxygens (including phenoxy) is 1. The number of esters is 1. The predicted octanol–water partition coefficient (Wildman–Crippen LogP) is 18.0. The summed E-state index contributed by atoms with van der Waals surface area (Å²) in [7, 11) is 0. The second-order valence-corrected chi connectivity index (χ2v) is 20.0. The van der Waals surface area contributed by atoms with Gasteiger partial charge in [0.1, 0.15) is 0 Å². The number of allylic oxidation sites excluding steroid dienone is 5. The molecule has 0 radical (unpaired) electrons. The lowest BCUT2D eigenvalue weighted by molar-refractivity contribution is -0.143. The van der Waals surface area contributed by atoms with E-state index in [0.717, 1.165) is 70.6 Å². The van der Waals surface area contributed by atoms with Gasteiger partial charge in [0.2, 0.25) is 5.91 Å². The molecule has 6 nitrogen and oxygen atoms in total. The Morgan fingerprint density at radius 1 is 0.409 bits per heavy atom. The van der Waals surface area contributed by atoms with Gasteiger partial charge in [-0.15, -0.1) is 0 Å². The summed E-state index contributed by atoms with van der Waals surface area (Å²) in [6.45, 7) is 4.82. The van der Waals surface area contributed by atoms with Crippen molar-refractivity contribution in [1.29, 1.82) is 0 Å². The second kappa shape index (κ2) is 55.7. The van der Waals surface area contributed by atoms with E-state index in [2.05, 4.69) is 43.5 Å². The van der Waals surface area contributed by atoms with Crippen molar-refractivity contribution in [2.24, 2.45) is 0 Å². The maximum Gasteiger partial charge on any atom is 0.305 e. The molecular formula is C60H113NO5. The highest BCUT2D eigenvalue weighted by Crippen LogP contribution is 2.17. The average molecular weight is 929 g/mol. The van der Waals surface area contributed by atoms with Crippen LogP contribution in [0.25, 0.3) is 0 Å². The van der Waals surface area contributed by atoms with Gasteiger partial charge in [0, 0.05) is 12.8 Å². The Balaban J connectivity index is 3.55. The maximum absolute atomic E-state index is 12.5.